The fourth-order valence-electron chi connectivity index (χ4n) is 3.23. The molecule has 3 heteroatoms. The number of benzene rings is 2. The zero-order chi connectivity index (χ0) is 15.6. The number of hydrogen-bond donors (Lipinski definition) is 1. The number of para-hydroxylation sites is 1. The van der Waals surface area contributed by atoms with Gasteiger partial charge in [-0.15, -0.1) is 0 Å². The van der Waals surface area contributed by atoms with Crippen LogP contribution in [0.4, 0.5) is 5.69 Å². The van der Waals surface area contributed by atoms with Gasteiger partial charge in [0.2, 0.25) is 5.91 Å². The Labute approximate surface area is 137 Å². The Morgan fingerprint density at radius 1 is 1.04 bits per heavy atom. The van der Waals surface area contributed by atoms with Gasteiger partial charge < -0.3 is 10.2 Å². The molecule has 3 nitrogen and oxygen atoms in total. The van der Waals surface area contributed by atoms with Gasteiger partial charge in [0.15, 0.2) is 0 Å². The highest BCUT2D eigenvalue weighted by Crippen LogP contribution is 2.29. The van der Waals surface area contributed by atoms with Gasteiger partial charge in [-0.05, 0) is 42.0 Å². The molecule has 2 aliphatic rings. The lowest BCUT2D eigenvalue weighted by Crippen LogP contribution is -2.24. The summed E-state index contributed by atoms with van der Waals surface area (Å²) in [6.45, 7) is 2.69. The summed E-state index contributed by atoms with van der Waals surface area (Å²) in [7, 11) is 0. The lowest BCUT2D eigenvalue weighted by atomic mass is 10.1. The molecule has 0 spiro atoms. The number of carbonyl (C=O) groups is 1. The van der Waals surface area contributed by atoms with Crippen LogP contribution in [0, 0.1) is 5.92 Å². The van der Waals surface area contributed by atoms with Crippen molar-refractivity contribution in [1.82, 2.24) is 5.32 Å². The predicted octanol–water partition coefficient (Wildman–Crippen LogP) is 3.28. The summed E-state index contributed by atoms with van der Waals surface area (Å²) in [5.74, 6) is 0.493. The average Bonchev–Trinajstić information content (AvgIpc) is 3.37. The SMILES string of the molecule is O=C(NCc1ccc(CN2CCc3ccccc32)cc1)C1CC1. The maximum atomic E-state index is 11.7. The molecule has 1 N–H and O–H groups in total. The number of amides is 1. The molecule has 118 valence electrons. The zero-order valence-corrected chi connectivity index (χ0v) is 13.3. The van der Waals surface area contributed by atoms with Crippen molar-refractivity contribution in [3.05, 3.63) is 65.2 Å². The normalized spacial score (nSPS) is 16.3. The summed E-state index contributed by atoms with van der Waals surface area (Å²) in [6.07, 6.45) is 3.26. The van der Waals surface area contributed by atoms with Gasteiger partial charge in [-0.3, -0.25) is 4.79 Å². The minimum atomic E-state index is 0.211. The quantitative estimate of drug-likeness (QED) is 0.919. The minimum Gasteiger partial charge on any atom is -0.367 e. The van der Waals surface area contributed by atoms with Crippen molar-refractivity contribution in [2.45, 2.75) is 32.4 Å². The van der Waals surface area contributed by atoms with Crippen LogP contribution in [0.3, 0.4) is 0 Å². The van der Waals surface area contributed by atoms with Gasteiger partial charge in [-0.25, -0.2) is 0 Å². The molecule has 1 amide bonds. The van der Waals surface area contributed by atoms with Gasteiger partial charge in [0.05, 0.1) is 0 Å². The Bertz CT molecular complexity index is 704. The summed E-state index contributed by atoms with van der Waals surface area (Å²) in [5.41, 5.74) is 5.31. The van der Waals surface area contributed by atoms with E-state index in [1.807, 2.05) is 0 Å². The number of nitrogens with zero attached hydrogens (tertiary/aromatic N) is 1. The number of anilines is 1. The van der Waals surface area contributed by atoms with E-state index in [2.05, 4.69) is 58.7 Å². The van der Waals surface area contributed by atoms with E-state index in [1.165, 1.54) is 22.4 Å². The minimum absolute atomic E-state index is 0.211. The number of nitrogens with one attached hydrogen (secondary N) is 1. The highest BCUT2D eigenvalue weighted by atomic mass is 16.2. The van der Waals surface area contributed by atoms with Gasteiger partial charge in [0.1, 0.15) is 0 Å². The summed E-state index contributed by atoms with van der Waals surface area (Å²) < 4.78 is 0. The van der Waals surface area contributed by atoms with Crippen LogP contribution in [0.2, 0.25) is 0 Å². The molecular weight excluding hydrogens is 284 g/mol. The van der Waals surface area contributed by atoms with Crippen molar-refractivity contribution in [2.24, 2.45) is 5.92 Å². The Morgan fingerprint density at radius 2 is 1.78 bits per heavy atom. The second-order valence-corrected chi connectivity index (χ2v) is 6.61. The van der Waals surface area contributed by atoms with E-state index in [9.17, 15) is 4.79 Å². The molecule has 2 aromatic rings. The molecule has 0 bridgehead atoms. The van der Waals surface area contributed by atoms with Crippen LogP contribution in [0.5, 0.6) is 0 Å². The average molecular weight is 306 g/mol. The largest absolute Gasteiger partial charge is 0.367 e. The van der Waals surface area contributed by atoms with Crippen LogP contribution in [0.1, 0.15) is 29.5 Å². The maximum Gasteiger partial charge on any atom is 0.223 e. The molecule has 1 heterocycles. The van der Waals surface area contributed by atoms with E-state index in [-0.39, 0.29) is 11.8 Å². The van der Waals surface area contributed by atoms with Crippen molar-refractivity contribution in [1.29, 1.82) is 0 Å². The molecule has 1 saturated carbocycles. The third-order valence-corrected chi connectivity index (χ3v) is 4.79. The number of carbonyl (C=O) groups excluding carboxylic acids is 1. The second kappa shape index (κ2) is 6.07. The Hall–Kier alpha value is -2.29. The summed E-state index contributed by atoms with van der Waals surface area (Å²) >= 11 is 0. The molecule has 2 aromatic carbocycles. The lowest BCUT2D eigenvalue weighted by Gasteiger charge is -2.19. The Balaban J connectivity index is 1.36. The van der Waals surface area contributed by atoms with Gasteiger partial charge in [0, 0.05) is 31.2 Å². The second-order valence-electron chi connectivity index (χ2n) is 6.61. The van der Waals surface area contributed by atoms with Crippen LogP contribution >= 0.6 is 0 Å². The van der Waals surface area contributed by atoms with Gasteiger partial charge in [-0.2, -0.15) is 0 Å². The van der Waals surface area contributed by atoms with Crippen LogP contribution in [-0.2, 0) is 24.3 Å². The topological polar surface area (TPSA) is 32.3 Å². The first-order valence-electron chi connectivity index (χ1n) is 8.48. The Morgan fingerprint density at radius 3 is 2.57 bits per heavy atom. The van der Waals surface area contributed by atoms with Gasteiger partial charge in [-0.1, -0.05) is 42.5 Å². The first-order chi connectivity index (χ1) is 11.3. The molecule has 1 aliphatic carbocycles. The molecule has 1 fully saturated rings. The highest BCUT2D eigenvalue weighted by molar-refractivity contribution is 5.80. The molecule has 0 radical (unpaired) electrons. The van der Waals surface area contributed by atoms with Crippen molar-refractivity contribution in [3.63, 3.8) is 0 Å². The Kier molecular flexibility index (Phi) is 3.78. The summed E-state index contributed by atoms with van der Waals surface area (Å²) in [4.78, 5) is 14.1. The van der Waals surface area contributed by atoms with Crippen molar-refractivity contribution >= 4 is 11.6 Å². The molecule has 0 saturated heterocycles. The molecule has 4 rings (SSSR count). The molecule has 0 unspecified atom stereocenters. The molecule has 0 atom stereocenters. The summed E-state index contributed by atoms with van der Waals surface area (Å²) in [6, 6.07) is 17.3. The van der Waals surface area contributed by atoms with Gasteiger partial charge in [0.25, 0.3) is 0 Å². The first kappa shape index (κ1) is 14.3. The number of hydrogen-bond acceptors (Lipinski definition) is 2. The third-order valence-electron chi connectivity index (χ3n) is 4.79. The fraction of sp³-hybridized carbons (Fsp3) is 0.350. The van der Waals surface area contributed by atoms with E-state index < -0.39 is 0 Å². The third kappa shape index (κ3) is 3.24. The monoisotopic (exact) mass is 306 g/mol. The smallest absolute Gasteiger partial charge is 0.223 e. The van der Waals surface area contributed by atoms with Crippen LogP contribution in [0.15, 0.2) is 48.5 Å². The lowest BCUT2D eigenvalue weighted by molar-refractivity contribution is -0.122. The fourth-order valence-corrected chi connectivity index (χ4v) is 3.23. The number of fused-ring (bicyclic) bond motifs is 1. The predicted molar refractivity (Wildman–Crippen MR) is 92.2 cm³/mol. The molecule has 23 heavy (non-hydrogen) atoms. The number of rotatable bonds is 5. The van der Waals surface area contributed by atoms with E-state index in [1.54, 1.807) is 0 Å². The van der Waals surface area contributed by atoms with Crippen molar-refractivity contribution < 1.29 is 4.79 Å². The van der Waals surface area contributed by atoms with E-state index >= 15 is 0 Å². The molecule has 1 aliphatic heterocycles. The van der Waals surface area contributed by atoms with Crippen LogP contribution < -0.4 is 10.2 Å². The maximum absolute atomic E-state index is 11.7. The van der Waals surface area contributed by atoms with E-state index in [0.717, 1.165) is 32.4 Å². The summed E-state index contributed by atoms with van der Waals surface area (Å²) in [5, 5.41) is 3.02. The van der Waals surface area contributed by atoms with E-state index in [0.29, 0.717) is 6.54 Å². The molecular formula is C20H22N2O. The first-order valence-corrected chi connectivity index (χ1v) is 8.48. The van der Waals surface area contributed by atoms with E-state index in [4.69, 9.17) is 0 Å². The van der Waals surface area contributed by atoms with Gasteiger partial charge >= 0.3 is 0 Å². The van der Waals surface area contributed by atoms with Crippen LogP contribution in [0.25, 0.3) is 0 Å². The zero-order valence-electron chi connectivity index (χ0n) is 13.3. The van der Waals surface area contributed by atoms with Crippen molar-refractivity contribution in [2.75, 3.05) is 11.4 Å². The standard InChI is InChI=1S/C20H22N2O/c23-20(18-9-10-18)21-13-15-5-7-16(8-6-15)14-22-12-11-17-3-1-2-4-19(17)22/h1-8,18H,9-14H2,(H,21,23). The molecule has 0 aromatic heterocycles. The van der Waals surface area contributed by atoms with Crippen LogP contribution in [-0.4, -0.2) is 12.5 Å². The van der Waals surface area contributed by atoms with Crippen molar-refractivity contribution in [3.8, 4) is 0 Å². The highest BCUT2D eigenvalue weighted by Gasteiger charge is 2.29.